The second-order valence-electron chi connectivity index (χ2n) is 13.2. The molecule has 0 radical (unpaired) electrons. The highest BCUT2D eigenvalue weighted by molar-refractivity contribution is 7.90. The van der Waals surface area contributed by atoms with Gasteiger partial charge in [-0.15, -0.1) is 0 Å². The van der Waals surface area contributed by atoms with Gasteiger partial charge in [0.1, 0.15) is 11.9 Å². The van der Waals surface area contributed by atoms with E-state index in [9.17, 15) is 14.1 Å². The van der Waals surface area contributed by atoms with Crippen LogP contribution in [0.1, 0.15) is 106 Å². The van der Waals surface area contributed by atoms with Gasteiger partial charge in [0.25, 0.3) is 5.91 Å². The van der Waals surface area contributed by atoms with Gasteiger partial charge in [0.2, 0.25) is 0 Å². The van der Waals surface area contributed by atoms with Crippen LogP contribution in [0.4, 0.5) is 4.79 Å². The first-order valence-electron chi connectivity index (χ1n) is 16.4. The zero-order chi connectivity index (χ0) is 29.9. The van der Waals surface area contributed by atoms with Gasteiger partial charge in [-0.1, -0.05) is 39.0 Å². The van der Waals surface area contributed by atoms with E-state index in [0.717, 1.165) is 58.3 Å². The fraction of sp³-hybridized carbons (Fsp3) is 0.812. The Kier molecular flexibility index (Phi) is 10.4. The molecule has 42 heavy (non-hydrogen) atoms. The lowest BCUT2D eigenvalue weighted by Crippen LogP contribution is -2.61. The van der Waals surface area contributed by atoms with E-state index in [-0.39, 0.29) is 22.8 Å². The molecule has 1 spiro atoms. The van der Waals surface area contributed by atoms with Crippen molar-refractivity contribution in [2.24, 2.45) is 11.8 Å². The number of carbonyl (C=O) groups excluding carboxylic acids is 2. The van der Waals surface area contributed by atoms with Crippen molar-refractivity contribution in [2.45, 2.75) is 115 Å². The summed E-state index contributed by atoms with van der Waals surface area (Å²) in [6.45, 7) is 10.9. The molecule has 4 aliphatic rings. The van der Waals surface area contributed by atoms with Crippen molar-refractivity contribution in [1.29, 1.82) is 0 Å². The summed E-state index contributed by atoms with van der Waals surface area (Å²) in [6.07, 6.45) is 15.0. The van der Waals surface area contributed by atoms with E-state index in [4.69, 9.17) is 4.74 Å². The summed E-state index contributed by atoms with van der Waals surface area (Å²) < 4.78 is 18.3. The van der Waals surface area contributed by atoms with E-state index < -0.39 is 11.2 Å². The summed E-state index contributed by atoms with van der Waals surface area (Å²) in [5, 5.41) is 0.278. The van der Waals surface area contributed by atoms with Gasteiger partial charge >= 0.3 is 11.2 Å². The lowest BCUT2D eigenvalue weighted by Gasteiger charge is -2.52. The third-order valence-corrected chi connectivity index (χ3v) is 11.2. The highest BCUT2D eigenvalue weighted by Crippen LogP contribution is 2.42. The van der Waals surface area contributed by atoms with Crippen molar-refractivity contribution >= 4 is 23.2 Å². The van der Waals surface area contributed by atoms with Gasteiger partial charge in [0.05, 0.1) is 17.0 Å². The van der Waals surface area contributed by atoms with Gasteiger partial charge in [0, 0.05) is 75.2 Å². The predicted octanol–water partition coefficient (Wildman–Crippen LogP) is 5.11. The second-order valence-corrected chi connectivity index (χ2v) is 14.5. The molecular weight excluding hydrogens is 550 g/mol. The zero-order valence-corrected chi connectivity index (χ0v) is 27.1. The average Bonchev–Trinajstić information content (AvgIpc) is 2.98. The molecule has 2 unspecified atom stereocenters. The Labute approximate surface area is 255 Å². The molecule has 9 nitrogen and oxygen atoms in total. The maximum absolute atomic E-state index is 13.4. The molecule has 1 aliphatic carbocycles. The summed E-state index contributed by atoms with van der Waals surface area (Å²) in [5.41, 5.74) is 1.40. The van der Waals surface area contributed by atoms with Crippen LogP contribution in [0.5, 0.6) is 0 Å². The quantitative estimate of drug-likeness (QED) is 0.301. The van der Waals surface area contributed by atoms with Crippen LogP contribution in [0.3, 0.4) is 0 Å². The molecular formula is C32H51N5O4S. The zero-order valence-electron chi connectivity index (χ0n) is 26.2. The molecule has 3 aliphatic heterocycles. The summed E-state index contributed by atoms with van der Waals surface area (Å²) in [7, 11) is 0. The van der Waals surface area contributed by atoms with Crippen molar-refractivity contribution in [3.63, 3.8) is 0 Å². The molecule has 4 fully saturated rings. The van der Waals surface area contributed by atoms with E-state index in [2.05, 4.69) is 21.8 Å². The number of carbonyl (C=O) groups is 2. The maximum atomic E-state index is 13.4. The van der Waals surface area contributed by atoms with Crippen LogP contribution in [0.2, 0.25) is 0 Å². The van der Waals surface area contributed by atoms with E-state index in [1.54, 1.807) is 20.1 Å². The number of ether oxygens (including phenoxy) is 1. The predicted molar refractivity (Wildman–Crippen MR) is 164 cm³/mol. The Bertz CT molecular complexity index is 1070. The number of likely N-dealkylation sites (tertiary alicyclic amines) is 2. The first-order valence-corrected chi connectivity index (χ1v) is 18.0. The second kappa shape index (κ2) is 13.8. The van der Waals surface area contributed by atoms with Crippen LogP contribution >= 0.6 is 0 Å². The SMILES string of the molecule is CCCCC1CN(CC2CCCCC2)C(=O)OC12CCN(C1CCN(C(=O)c3c(C)nc([S+](C)[O-])nc3C)CC1)CC2. The van der Waals surface area contributed by atoms with Crippen LogP contribution < -0.4 is 0 Å². The number of unbranched alkanes of at least 4 members (excludes halogenated alkanes) is 1. The fourth-order valence-corrected chi connectivity index (χ4v) is 8.49. The van der Waals surface area contributed by atoms with Crippen LogP contribution in [0, 0.1) is 25.7 Å². The molecule has 234 valence electrons. The smallest absolute Gasteiger partial charge is 0.410 e. The molecule has 1 aromatic heterocycles. The Morgan fingerprint density at radius 1 is 1.02 bits per heavy atom. The number of rotatable bonds is 8. The molecule has 2 atom stereocenters. The minimum atomic E-state index is -1.28. The Balaban J connectivity index is 1.16. The molecule has 0 bridgehead atoms. The van der Waals surface area contributed by atoms with Gasteiger partial charge in [-0.3, -0.25) is 9.69 Å². The van der Waals surface area contributed by atoms with Crippen LogP contribution in [-0.4, -0.2) is 98.4 Å². The molecule has 1 aromatic rings. The standard InChI is InChI=1S/C32H51N5O4S/c1-5-6-12-26-22-37(21-25-10-8-7-9-11-25)31(39)41-32(26)15-19-35(20-16-32)27-13-17-36(18-14-27)29(38)28-23(2)33-30(42(4)40)34-24(28)3/h25-27H,5-22H2,1-4H3. The summed E-state index contributed by atoms with van der Waals surface area (Å²) in [6, 6.07) is 0.436. The van der Waals surface area contributed by atoms with Crippen molar-refractivity contribution in [3.05, 3.63) is 17.0 Å². The van der Waals surface area contributed by atoms with E-state index in [1.807, 2.05) is 9.80 Å². The van der Waals surface area contributed by atoms with Crippen molar-refractivity contribution in [2.75, 3.05) is 45.5 Å². The van der Waals surface area contributed by atoms with E-state index in [1.165, 1.54) is 44.9 Å². The fourth-order valence-electron chi connectivity index (χ4n) is 7.96. The number of aryl methyl sites for hydroxylation is 2. The minimum absolute atomic E-state index is 0.0276. The number of aromatic nitrogens is 2. The Morgan fingerprint density at radius 3 is 2.26 bits per heavy atom. The number of hydrogen-bond donors (Lipinski definition) is 0. The number of amides is 2. The van der Waals surface area contributed by atoms with E-state index >= 15 is 0 Å². The molecule has 2 amide bonds. The molecule has 0 N–H and O–H groups in total. The summed E-state index contributed by atoms with van der Waals surface area (Å²) >= 11 is -1.28. The summed E-state index contributed by atoms with van der Waals surface area (Å²) in [5.74, 6) is 1.01. The van der Waals surface area contributed by atoms with Crippen molar-refractivity contribution in [1.82, 2.24) is 24.7 Å². The van der Waals surface area contributed by atoms with Crippen LogP contribution in [-0.2, 0) is 15.9 Å². The lowest BCUT2D eigenvalue weighted by atomic mass is 9.75. The Hall–Kier alpha value is -1.91. The minimum Gasteiger partial charge on any atom is -0.609 e. The van der Waals surface area contributed by atoms with Gasteiger partial charge in [-0.2, -0.15) is 9.97 Å². The van der Waals surface area contributed by atoms with Crippen LogP contribution in [0.25, 0.3) is 0 Å². The molecule has 10 heteroatoms. The Morgan fingerprint density at radius 2 is 1.67 bits per heavy atom. The molecule has 5 rings (SSSR count). The monoisotopic (exact) mass is 601 g/mol. The topological polar surface area (TPSA) is 102 Å². The van der Waals surface area contributed by atoms with Gasteiger partial charge in [0.15, 0.2) is 0 Å². The van der Waals surface area contributed by atoms with Crippen LogP contribution in [0.15, 0.2) is 5.16 Å². The maximum Gasteiger partial charge on any atom is 0.410 e. The highest BCUT2D eigenvalue weighted by atomic mass is 32.2. The first-order chi connectivity index (χ1) is 20.2. The normalized spacial score (nSPS) is 25.1. The highest BCUT2D eigenvalue weighted by Gasteiger charge is 2.50. The lowest BCUT2D eigenvalue weighted by molar-refractivity contribution is -0.127. The number of piperidine rings is 2. The van der Waals surface area contributed by atoms with Gasteiger partial charge in [-0.25, -0.2) is 4.79 Å². The summed E-state index contributed by atoms with van der Waals surface area (Å²) in [4.78, 5) is 41.9. The van der Waals surface area contributed by atoms with Crippen molar-refractivity contribution in [3.8, 4) is 0 Å². The average molecular weight is 602 g/mol. The number of nitrogens with zero attached hydrogens (tertiary/aromatic N) is 5. The number of hydrogen-bond acceptors (Lipinski definition) is 7. The largest absolute Gasteiger partial charge is 0.609 e. The van der Waals surface area contributed by atoms with Gasteiger partial charge in [-0.05, 0) is 51.9 Å². The van der Waals surface area contributed by atoms with E-state index in [0.29, 0.717) is 47.9 Å². The molecule has 1 saturated carbocycles. The molecule has 3 saturated heterocycles. The molecule has 0 aromatic carbocycles. The van der Waals surface area contributed by atoms with Gasteiger partial charge < -0.3 is 19.1 Å². The third-order valence-electron chi connectivity index (χ3n) is 10.5. The first kappa shape index (κ1) is 31.5. The molecule has 4 heterocycles. The third kappa shape index (κ3) is 6.91. The van der Waals surface area contributed by atoms with Crippen molar-refractivity contribution < 1.29 is 18.9 Å².